The summed E-state index contributed by atoms with van der Waals surface area (Å²) in [6.07, 6.45) is 3.96. The third-order valence-electron chi connectivity index (χ3n) is 6.43. The van der Waals surface area contributed by atoms with Gasteiger partial charge in [-0.05, 0) is 42.8 Å². The lowest BCUT2D eigenvalue weighted by Crippen LogP contribution is -2.23. The highest BCUT2D eigenvalue weighted by Crippen LogP contribution is 2.34. The fourth-order valence-electron chi connectivity index (χ4n) is 4.57. The van der Waals surface area contributed by atoms with Crippen LogP contribution in [0.4, 0.5) is 14.6 Å². The van der Waals surface area contributed by atoms with E-state index in [9.17, 15) is 13.6 Å². The summed E-state index contributed by atoms with van der Waals surface area (Å²) in [6.45, 7) is 1.78. The maximum Gasteiger partial charge on any atom is 0.266 e. The van der Waals surface area contributed by atoms with Crippen molar-refractivity contribution >= 4 is 22.5 Å². The summed E-state index contributed by atoms with van der Waals surface area (Å²) in [5.74, 6) is -0.511. The fraction of sp³-hybridized carbons (Fsp3) is 0.111. The molecule has 1 unspecified atom stereocenters. The number of rotatable bonds is 5. The summed E-state index contributed by atoms with van der Waals surface area (Å²) in [4.78, 5) is 31.2. The quantitative estimate of drug-likeness (QED) is 0.357. The molecule has 0 bridgehead atoms. The van der Waals surface area contributed by atoms with Crippen LogP contribution in [0.15, 0.2) is 72.0 Å². The number of fused-ring (bicyclic) bond motifs is 2. The molecule has 0 aliphatic carbocycles. The highest BCUT2D eigenvalue weighted by atomic mass is 19.1. The van der Waals surface area contributed by atoms with Crippen molar-refractivity contribution < 1.29 is 13.5 Å². The van der Waals surface area contributed by atoms with Crippen molar-refractivity contribution in [1.82, 2.24) is 34.1 Å². The first-order chi connectivity index (χ1) is 18.9. The van der Waals surface area contributed by atoms with E-state index < -0.39 is 23.2 Å². The molecular formula is C27H20F2N8O2. The van der Waals surface area contributed by atoms with E-state index in [-0.39, 0.29) is 28.3 Å². The van der Waals surface area contributed by atoms with Crippen LogP contribution in [0, 0.1) is 11.6 Å². The molecule has 0 saturated heterocycles. The van der Waals surface area contributed by atoms with E-state index >= 15 is 0 Å². The highest BCUT2D eigenvalue weighted by Gasteiger charge is 2.26. The Labute approximate surface area is 219 Å². The van der Waals surface area contributed by atoms with Crippen LogP contribution in [0.1, 0.15) is 18.7 Å². The van der Waals surface area contributed by atoms with Gasteiger partial charge in [0.25, 0.3) is 5.56 Å². The van der Waals surface area contributed by atoms with Gasteiger partial charge in [-0.15, -0.1) is 0 Å². The number of nitrogens with zero attached hydrogens (tertiary/aromatic N) is 7. The van der Waals surface area contributed by atoms with E-state index in [0.717, 1.165) is 10.6 Å². The molecule has 0 saturated carbocycles. The minimum Gasteiger partial charge on any atom is -0.481 e. The van der Waals surface area contributed by atoms with Gasteiger partial charge in [0, 0.05) is 24.0 Å². The Morgan fingerprint density at radius 3 is 2.59 bits per heavy atom. The van der Waals surface area contributed by atoms with Crippen LogP contribution in [-0.2, 0) is 0 Å². The van der Waals surface area contributed by atoms with Gasteiger partial charge in [-0.1, -0.05) is 12.1 Å². The van der Waals surface area contributed by atoms with Gasteiger partial charge in [0.05, 0.1) is 29.8 Å². The molecule has 1 aromatic carbocycles. The van der Waals surface area contributed by atoms with Crippen molar-refractivity contribution in [3.05, 3.63) is 94.9 Å². The minimum atomic E-state index is -0.692. The summed E-state index contributed by atoms with van der Waals surface area (Å²) in [5, 5.41) is 5.29. The monoisotopic (exact) mass is 526 g/mol. The molecule has 0 radical (unpaired) electrons. The van der Waals surface area contributed by atoms with Crippen LogP contribution in [0.3, 0.4) is 0 Å². The summed E-state index contributed by atoms with van der Waals surface area (Å²) >= 11 is 0. The van der Waals surface area contributed by atoms with Crippen LogP contribution in [0.5, 0.6) is 5.88 Å². The van der Waals surface area contributed by atoms with E-state index in [1.54, 1.807) is 36.0 Å². The van der Waals surface area contributed by atoms with E-state index in [1.807, 2.05) is 0 Å². The molecule has 5 aromatic heterocycles. The van der Waals surface area contributed by atoms with Gasteiger partial charge < -0.3 is 10.5 Å². The van der Waals surface area contributed by atoms with Gasteiger partial charge in [-0.2, -0.15) is 5.10 Å². The molecule has 10 nitrogen and oxygen atoms in total. The number of nitrogen functional groups attached to an aromatic ring is 1. The summed E-state index contributed by atoms with van der Waals surface area (Å²) in [6, 6.07) is 11.0. The summed E-state index contributed by atoms with van der Waals surface area (Å²) in [7, 11) is 1.52. The largest absolute Gasteiger partial charge is 0.481 e. The third-order valence-corrected chi connectivity index (χ3v) is 6.43. The van der Waals surface area contributed by atoms with Crippen LogP contribution >= 0.6 is 0 Å². The Bertz CT molecular complexity index is 1940. The Balaban J connectivity index is 1.63. The van der Waals surface area contributed by atoms with Crippen molar-refractivity contribution in [2.45, 2.75) is 13.0 Å². The van der Waals surface area contributed by atoms with E-state index in [0.29, 0.717) is 28.2 Å². The second-order valence-electron chi connectivity index (χ2n) is 8.78. The lowest BCUT2D eigenvalue weighted by Gasteiger charge is -2.18. The van der Waals surface area contributed by atoms with Crippen molar-refractivity contribution in [2.24, 2.45) is 0 Å². The molecule has 0 spiro atoms. The Kier molecular flexibility index (Phi) is 5.71. The first-order valence-corrected chi connectivity index (χ1v) is 11.8. The molecule has 0 fully saturated rings. The van der Waals surface area contributed by atoms with Crippen molar-refractivity contribution in [3.8, 4) is 28.3 Å². The van der Waals surface area contributed by atoms with Gasteiger partial charge >= 0.3 is 0 Å². The summed E-state index contributed by atoms with van der Waals surface area (Å²) < 4.78 is 36.2. The number of methoxy groups -OCH3 is 1. The third kappa shape index (κ3) is 4.02. The van der Waals surface area contributed by atoms with Gasteiger partial charge in [-0.25, -0.2) is 33.4 Å². The Morgan fingerprint density at radius 1 is 1.00 bits per heavy atom. The number of pyridine rings is 2. The standard InChI is InChI=1S/C27H20F2N8O2/c1-14(37-26-22(25(30)32-13-33-26)24(35-37)16-6-9-20(39-2)31-11-16)23-21(15-4-3-5-17(28)10-15)27(38)36-12-18(29)7-8-19(36)34-23/h3-14H,1-2H3,(H2,30,32,33). The second kappa shape index (κ2) is 9.24. The van der Waals surface area contributed by atoms with Crippen molar-refractivity contribution in [3.63, 3.8) is 0 Å². The fourth-order valence-corrected chi connectivity index (χ4v) is 4.57. The van der Waals surface area contributed by atoms with E-state index in [4.69, 9.17) is 20.6 Å². The smallest absolute Gasteiger partial charge is 0.266 e. The van der Waals surface area contributed by atoms with Crippen molar-refractivity contribution in [1.29, 1.82) is 0 Å². The summed E-state index contributed by atoms with van der Waals surface area (Å²) in [5.41, 5.74) is 8.10. The zero-order valence-electron chi connectivity index (χ0n) is 20.7. The first-order valence-electron chi connectivity index (χ1n) is 11.8. The Hall–Kier alpha value is -5.26. The molecule has 194 valence electrons. The first kappa shape index (κ1) is 24.1. The molecule has 0 aliphatic heterocycles. The molecule has 0 aliphatic rings. The molecule has 0 amide bonds. The molecular weight excluding hydrogens is 506 g/mol. The zero-order chi connectivity index (χ0) is 27.3. The van der Waals surface area contributed by atoms with Gasteiger partial charge in [0.2, 0.25) is 5.88 Å². The van der Waals surface area contributed by atoms with Gasteiger partial charge in [-0.3, -0.25) is 9.20 Å². The molecule has 2 N–H and O–H groups in total. The van der Waals surface area contributed by atoms with Gasteiger partial charge in [0.15, 0.2) is 5.65 Å². The molecule has 6 rings (SSSR count). The number of hydrogen-bond donors (Lipinski definition) is 1. The maximum absolute atomic E-state index is 14.3. The van der Waals surface area contributed by atoms with Crippen LogP contribution in [0.25, 0.3) is 39.1 Å². The lowest BCUT2D eigenvalue weighted by molar-refractivity contribution is 0.398. The zero-order valence-corrected chi connectivity index (χ0v) is 20.7. The second-order valence-corrected chi connectivity index (χ2v) is 8.78. The highest BCUT2D eigenvalue weighted by molar-refractivity contribution is 5.98. The van der Waals surface area contributed by atoms with Crippen molar-refractivity contribution in [2.75, 3.05) is 12.8 Å². The SMILES string of the molecule is COc1ccc(-c2nn(C(C)c3nc4ccc(F)cn4c(=O)c3-c3cccc(F)c3)c3ncnc(N)c23)cn1. The lowest BCUT2D eigenvalue weighted by atomic mass is 10.0. The number of nitrogens with two attached hydrogens (primary N) is 1. The van der Waals surface area contributed by atoms with E-state index in [1.165, 1.54) is 43.8 Å². The topological polar surface area (TPSA) is 126 Å². The Morgan fingerprint density at radius 2 is 1.85 bits per heavy atom. The number of anilines is 1. The van der Waals surface area contributed by atoms with Crippen LogP contribution < -0.4 is 16.0 Å². The average molecular weight is 527 g/mol. The normalized spacial score (nSPS) is 12.2. The van der Waals surface area contributed by atoms with Crippen LogP contribution in [-0.4, -0.2) is 41.2 Å². The molecule has 1 atom stereocenters. The number of aromatic nitrogens is 7. The average Bonchev–Trinajstić information content (AvgIpc) is 3.34. The number of halogens is 2. The molecule has 39 heavy (non-hydrogen) atoms. The van der Waals surface area contributed by atoms with Gasteiger partial charge in [0.1, 0.15) is 35.1 Å². The number of ether oxygens (including phenoxy) is 1. The predicted octanol–water partition coefficient (Wildman–Crippen LogP) is 4.04. The molecule has 12 heteroatoms. The predicted molar refractivity (Wildman–Crippen MR) is 140 cm³/mol. The van der Waals surface area contributed by atoms with Crippen LogP contribution in [0.2, 0.25) is 0 Å². The van der Waals surface area contributed by atoms with E-state index in [2.05, 4.69) is 15.0 Å². The molecule has 5 heterocycles. The molecule has 6 aromatic rings. The number of benzene rings is 1. The minimum absolute atomic E-state index is 0.100. The number of hydrogen-bond acceptors (Lipinski definition) is 8. The maximum atomic E-state index is 14.3.